The Morgan fingerprint density at radius 2 is 1.11 bits per heavy atom. The van der Waals surface area contributed by atoms with Crippen molar-refractivity contribution in [2.24, 2.45) is 0 Å². The van der Waals surface area contributed by atoms with Gasteiger partial charge in [-0.1, -0.05) is 97.6 Å². The fraction of sp³-hybridized carbons (Fsp3) is 0.121. The highest BCUT2D eigenvalue weighted by atomic mass is 16.5. The Morgan fingerprint density at radius 3 is 1.55 bits per heavy atom. The average molecular weight is 504 g/mol. The third-order valence-corrected chi connectivity index (χ3v) is 6.07. The largest absolute Gasteiger partial charge is 0.485 e. The van der Waals surface area contributed by atoms with E-state index in [0.717, 1.165) is 22.3 Å². The fourth-order valence-electron chi connectivity index (χ4n) is 4.10. The van der Waals surface area contributed by atoms with E-state index in [4.69, 9.17) is 14.2 Å². The molecule has 1 aromatic heterocycles. The number of rotatable bonds is 12. The summed E-state index contributed by atoms with van der Waals surface area (Å²) in [6.45, 7) is 5.72. The highest BCUT2D eigenvalue weighted by Crippen LogP contribution is 2.40. The lowest BCUT2D eigenvalue weighted by Crippen LogP contribution is -2.31. The van der Waals surface area contributed by atoms with Crippen LogP contribution in [0.4, 0.5) is 0 Å². The molecule has 1 heterocycles. The average Bonchev–Trinajstić information content (AvgIpc) is 3.43. The zero-order valence-electron chi connectivity index (χ0n) is 21.3. The molecule has 190 valence electrons. The molecule has 4 aromatic carbocycles. The van der Waals surface area contributed by atoms with Crippen molar-refractivity contribution in [2.75, 3.05) is 0 Å². The van der Waals surface area contributed by atoms with Crippen LogP contribution in [0, 0.1) is 0 Å². The molecule has 5 heteroatoms. The molecule has 0 radical (unpaired) electrons. The van der Waals surface area contributed by atoms with Crippen molar-refractivity contribution in [1.29, 1.82) is 0 Å². The summed E-state index contributed by atoms with van der Waals surface area (Å²) in [4.78, 5) is 0. The van der Waals surface area contributed by atoms with Gasteiger partial charge in [0.2, 0.25) is 12.1 Å². The van der Waals surface area contributed by atoms with Gasteiger partial charge in [0.1, 0.15) is 38.8 Å². The van der Waals surface area contributed by atoms with E-state index in [9.17, 15) is 0 Å². The summed E-state index contributed by atoms with van der Waals surface area (Å²) in [7, 11) is 0. The molecule has 5 nitrogen and oxygen atoms in total. The van der Waals surface area contributed by atoms with E-state index in [1.165, 1.54) is 0 Å². The zero-order valence-corrected chi connectivity index (χ0v) is 21.3. The van der Waals surface area contributed by atoms with Crippen LogP contribution < -0.4 is 18.8 Å². The molecule has 0 spiro atoms. The van der Waals surface area contributed by atoms with Crippen molar-refractivity contribution < 1.29 is 18.8 Å². The lowest BCUT2D eigenvalue weighted by Gasteiger charge is -2.19. The summed E-state index contributed by atoms with van der Waals surface area (Å²) in [5.74, 6) is 1.89. The van der Waals surface area contributed by atoms with Crippen LogP contribution in [0.2, 0.25) is 0 Å². The standard InChI is InChI=1S/C33H31N2O3/c1-2-34-18-19-35(26-34)22-30-20-31(36-23-27-12-6-3-7-13-27)33(38-25-29-16-10-5-11-17-29)32(21-30)37-24-28-14-8-4-9-15-28/h2-21,26H,1,22-25H2/q+1. The van der Waals surface area contributed by atoms with Crippen LogP contribution in [0.25, 0.3) is 6.20 Å². The number of ether oxygens (including phenoxy) is 3. The molecule has 0 aliphatic heterocycles. The van der Waals surface area contributed by atoms with Gasteiger partial charge in [-0.2, -0.15) is 0 Å². The predicted molar refractivity (Wildman–Crippen MR) is 149 cm³/mol. The first-order valence-corrected chi connectivity index (χ1v) is 12.6. The predicted octanol–water partition coefficient (Wildman–Crippen LogP) is 6.66. The van der Waals surface area contributed by atoms with Gasteiger partial charge >= 0.3 is 0 Å². The van der Waals surface area contributed by atoms with Gasteiger partial charge in [-0.15, -0.1) is 0 Å². The van der Waals surface area contributed by atoms with Gasteiger partial charge in [0.05, 0.1) is 6.20 Å². The maximum absolute atomic E-state index is 6.38. The number of aromatic nitrogens is 2. The third kappa shape index (κ3) is 6.71. The second-order valence-corrected chi connectivity index (χ2v) is 8.96. The Kier molecular flexibility index (Phi) is 8.17. The smallest absolute Gasteiger partial charge is 0.248 e. The van der Waals surface area contributed by atoms with Crippen LogP contribution >= 0.6 is 0 Å². The van der Waals surface area contributed by atoms with E-state index in [0.29, 0.717) is 43.6 Å². The van der Waals surface area contributed by atoms with E-state index in [1.807, 2.05) is 102 Å². The molecule has 0 aliphatic carbocycles. The minimum atomic E-state index is 0.403. The van der Waals surface area contributed by atoms with E-state index < -0.39 is 0 Å². The maximum Gasteiger partial charge on any atom is 0.248 e. The van der Waals surface area contributed by atoms with Gasteiger partial charge < -0.3 is 14.2 Å². The molecule has 0 aliphatic rings. The number of hydrogen-bond donors (Lipinski definition) is 0. The first kappa shape index (κ1) is 24.9. The van der Waals surface area contributed by atoms with E-state index in [1.54, 1.807) is 6.20 Å². The van der Waals surface area contributed by atoms with Crippen LogP contribution in [0.3, 0.4) is 0 Å². The minimum Gasteiger partial charge on any atom is -0.485 e. The molecule has 0 atom stereocenters. The van der Waals surface area contributed by atoms with Gasteiger partial charge in [-0.05, 0) is 28.8 Å². The first-order chi connectivity index (χ1) is 18.8. The number of benzene rings is 4. The number of imidazole rings is 1. The van der Waals surface area contributed by atoms with Crippen molar-refractivity contribution in [1.82, 2.24) is 4.57 Å². The van der Waals surface area contributed by atoms with Crippen molar-refractivity contribution >= 4 is 6.20 Å². The van der Waals surface area contributed by atoms with Crippen molar-refractivity contribution in [3.8, 4) is 17.2 Å². The summed E-state index contributed by atoms with van der Waals surface area (Å²) in [6.07, 6.45) is 7.72. The van der Waals surface area contributed by atoms with Crippen LogP contribution in [0.15, 0.2) is 128 Å². The molecule has 0 N–H and O–H groups in total. The normalized spacial score (nSPS) is 10.6. The van der Waals surface area contributed by atoms with E-state index in [-0.39, 0.29) is 0 Å². The molecule has 38 heavy (non-hydrogen) atoms. The second-order valence-electron chi connectivity index (χ2n) is 8.96. The number of hydrogen-bond acceptors (Lipinski definition) is 3. The lowest BCUT2D eigenvalue weighted by atomic mass is 10.1. The number of nitrogens with zero attached hydrogens (tertiary/aromatic N) is 2. The molecule has 0 amide bonds. The molecule has 0 unspecified atom stereocenters. The Balaban J connectivity index is 1.49. The minimum absolute atomic E-state index is 0.403. The van der Waals surface area contributed by atoms with Gasteiger partial charge in [0.15, 0.2) is 11.5 Å². The van der Waals surface area contributed by atoms with Crippen molar-refractivity contribution in [3.63, 3.8) is 0 Å². The third-order valence-electron chi connectivity index (χ3n) is 6.07. The maximum atomic E-state index is 6.38. The summed E-state index contributed by atoms with van der Waals surface area (Å²) < 4.78 is 23.1. The van der Waals surface area contributed by atoms with Crippen LogP contribution in [-0.2, 0) is 26.4 Å². The van der Waals surface area contributed by atoms with Crippen LogP contribution in [-0.4, -0.2) is 4.57 Å². The van der Waals surface area contributed by atoms with Gasteiger partial charge in [0.25, 0.3) is 0 Å². The molecule has 5 rings (SSSR count). The highest BCUT2D eigenvalue weighted by Gasteiger charge is 2.18. The Labute approximate surface area is 223 Å². The van der Waals surface area contributed by atoms with Crippen molar-refractivity contribution in [3.05, 3.63) is 151 Å². The lowest BCUT2D eigenvalue weighted by molar-refractivity contribution is -0.687. The molecule has 5 aromatic rings. The summed E-state index contributed by atoms with van der Waals surface area (Å²) >= 11 is 0. The summed E-state index contributed by atoms with van der Waals surface area (Å²) in [5.41, 5.74) is 4.27. The van der Waals surface area contributed by atoms with Crippen LogP contribution in [0.5, 0.6) is 17.2 Å². The molecule has 0 saturated carbocycles. The van der Waals surface area contributed by atoms with E-state index >= 15 is 0 Å². The Morgan fingerprint density at radius 1 is 0.632 bits per heavy atom. The Hall–Kier alpha value is -4.77. The molecule has 0 fully saturated rings. The fourth-order valence-corrected chi connectivity index (χ4v) is 4.10. The van der Waals surface area contributed by atoms with E-state index in [2.05, 4.69) is 35.4 Å². The highest BCUT2D eigenvalue weighted by molar-refractivity contribution is 5.54. The second kappa shape index (κ2) is 12.5. The Bertz CT molecular complexity index is 1380. The van der Waals surface area contributed by atoms with Crippen LogP contribution in [0.1, 0.15) is 22.3 Å². The molecule has 0 saturated heterocycles. The zero-order chi connectivity index (χ0) is 26.0. The van der Waals surface area contributed by atoms with Gasteiger partial charge in [-0.3, -0.25) is 0 Å². The topological polar surface area (TPSA) is 36.5 Å². The van der Waals surface area contributed by atoms with Gasteiger partial charge in [0, 0.05) is 5.56 Å². The summed E-state index contributed by atoms with van der Waals surface area (Å²) in [6, 6.07) is 34.4. The van der Waals surface area contributed by atoms with Crippen molar-refractivity contribution in [2.45, 2.75) is 26.4 Å². The first-order valence-electron chi connectivity index (χ1n) is 12.6. The molecule has 0 bridgehead atoms. The quantitative estimate of drug-likeness (QED) is 0.179. The SMILES string of the molecule is C=Cn1cc[n+](Cc2cc(OCc3ccccc3)c(OCc3ccccc3)c(OCc3ccccc3)c2)c1. The molecular weight excluding hydrogens is 472 g/mol. The molecular formula is C33H31N2O3+. The van der Waals surface area contributed by atoms with Gasteiger partial charge in [-0.25, -0.2) is 9.13 Å². The monoisotopic (exact) mass is 503 g/mol. The summed E-state index contributed by atoms with van der Waals surface area (Å²) in [5, 5.41) is 0.